The summed E-state index contributed by atoms with van der Waals surface area (Å²) in [7, 11) is 0. The van der Waals surface area contributed by atoms with Crippen molar-refractivity contribution in [3.8, 4) is 0 Å². The molecule has 0 radical (unpaired) electrons. The SMILES string of the molecule is CSc1ccc(Nc2ncnc3cc(N)ccc23)cc1. The molecule has 3 rings (SSSR count). The summed E-state index contributed by atoms with van der Waals surface area (Å²) in [6.45, 7) is 0. The molecule has 1 heterocycles. The van der Waals surface area contributed by atoms with Crippen molar-refractivity contribution in [2.24, 2.45) is 0 Å². The van der Waals surface area contributed by atoms with E-state index in [2.05, 4.69) is 33.7 Å². The van der Waals surface area contributed by atoms with Crippen LogP contribution in [-0.4, -0.2) is 16.2 Å². The molecule has 0 fully saturated rings. The Morgan fingerprint density at radius 2 is 1.85 bits per heavy atom. The van der Waals surface area contributed by atoms with Gasteiger partial charge in [-0.05, 0) is 48.7 Å². The number of aromatic nitrogens is 2. The van der Waals surface area contributed by atoms with Crippen LogP contribution in [0.25, 0.3) is 10.9 Å². The summed E-state index contributed by atoms with van der Waals surface area (Å²) in [6.07, 6.45) is 3.60. The molecular formula is C15H14N4S. The minimum atomic E-state index is 0.700. The van der Waals surface area contributed by atoms with Crippen LogP contribution in [-0.2, 0) is 0 Å². The molecule has 1 aromatic heterocycles. The van der Waals surface area contributed by atoms with E-state index >= 15 is 0 Å². The van der Waals surface area contributed by atoms with E-state index in [1.165, 1.54) is 4.90 Å². The van der Waals surface area contributed by atoms with Crippen LogP contribution in [0.5, 0.6) is 0 Å². The second kappa shape index (κ2) is 5.38. The zero-order valence-electron chi connectivity index (χ0n) is 11.0. The fourth-order valence-corrected chi connectivity index (χ4v) is 2.39. The van der Waals surface area contributed by atoms with Gasteiger partial charge in [-0.3, -0.25) is 0 Å². The van der Waals surface area contributed by atoms with Gasteiger partial charge in [0.1, 0.15) is 12.1 Å². The molecule has 0 amide bonds. The van der Waals surface area contributed by atoms with Gasteiger partial charge in [-0.25, -0.2) is 9.97 Å². The smallest absolute Gasteiger partial charge is 0.141 e. The van der Waals surface area contributed by atoms with Gasteiger partial charge in [0.25, 0.3) is 0 Å². The zero-order chi connectivity index (χ0) is 13.9. The van der Waals surface area contributed by atoms with Gasteiger partial charge in [-0.1, -0.05) is 0 Å². The summed E-state index contributed by atoms with van der Waals surface area (Å²) < 4.78 is 0. The number of nitrogens with two attached hydrogens (primary N) is 1. The number of fused-ring (bicyclic) bond motifs is 1. The van der Waals surface area contributed by atoms with Crippen LogP contribution < -0.4 is 11.1 Å². The highest BCUT2D eigenvalue weighted by atomic mass is 32.2. The molecular weight excluding hydrogens is 268 g/mol. The molecule has 0 spiro atoms. The van der Waals surface area contributed by atoms with Crippen molar-refractivity contribution >= 4 is 39.9 Å². The summed E-state index contributed by atoms with van der Waals surface area (Å²) in [5, 5.41) is 4.27. The van der Waals surface area contributed by atoms with Crippen molar-refractivity contribution in [2.45, 2.75) is 4.90 Å². The van der Waals surface area contributed by atoms with E-state index in [4.69, 9.17) is 5.73 Å². The molecule has 2 aromatic carbocycles. The number of anilines is 3. The number of thioether (sulfide) groups is 1. The van der Waals surface area contributed by atoms with E-state index in [1.807, 2.05) is 30.3 Å². The third kappa shape index (κ3) is 2.53. The Morgan fingerprint density at radius 1 is 1.05 bits per heavy atom. The second-order valence-electron chi connectivity index (χ2n) is 4.35. The average Bonchev–Trinajstić information content (AvgIpc) is 2.48. The van der Waals surface area contributed by atoms with E-state index < -0.39 is 0 Å². The van der Waals surface area contributed by atoms with Crippen LogP contribution in [0.3, 0.4) is 0 Å². The van der Waals surface area contributed by atoms with Crippen LogP contribution in [0, 0.1) is 0 Å². The number of nitrogen functional groups attached to an aromatic ring is 1. The first-order valence-corrected chi connectivity index (χ1v) is 7.40. The van der Waals surface area contributed by atoms with Gasteiger partial charge in [0.15, 0.2) is 0 Å². The molecule has 100 valence electrons. The number of rotatable bonds is 3. The fourth-order valence-electron chi connectivity index (χ4n) is 1.98. The van der Waals surface area contributed by atoms with E-state index in [0.29, 0.717) is 5.69 Å². The fraction of sp³-hybridized carbons (Fsp3) is 0.0667. The Morgan fingerprint density at radius 3 is 2.60 bits per heavy atom. The Labute approximate surface area is 121 Å². The van der Waals surface area contributed by atoms with Crippen molar-refractivity contribution in [1.29, 1.82) is 0 Å². The third-order valence-electron chi connectivity index (χ3n) is 3.01. The predicted molar refractivity (Wildman–Crippen MR) is 85.5 cm³/mol. The minimum Gasteiger partial charge on any atom is -0.399 e. The lowest BCUT2D eigenvalue weighted by Gasteiger charge is -2.09. The first kappa shape index (κ1) is 12.7. The number of benzene rings is 2. The van der Waals surface area contributed by atoms with E-state index in [-0.39, 0.29) is 0 Å². The molecule has 3 N–H and O–H groups in total. The summed E-state index contributed by atoms with van der Waals surface area (Å²) in [5.74, 6) is 0.784. The van der Waals surface area contributed by atoms with Gasteiger partial charge in [-0.2, -0.15) is 0 Å². The van der Waals surface area contributed by atoms with E-state index in [9.17, 15) is 0 Å². The Bertz CT molecular complexity index is 740. The molecule has 0 aliphatic heterocycles. The topological polar surface area (TPSA) is 63.8 Å². The Balaban J connectivity index is 1.97. The van der Waals surface area contributed by atoms with Crippen LogP contribution in [0.2, 0.25) is 0 Å². The normalized spacial score (nSPS) is 10.7. The summed E-state index contributed by atoms with van der Waals surface area (Å²) in [4.78, 5) is 9.78. The molecule has 20 heavy (non-hydrogen) atoms. The molecule has 0 atom stereocenters. The van der Waals surface area contributed by atoms with E-state index in [0.717, 1.165) is 22.4 Å². The highest BCUT2D eigenvalue weighted by Gasteiger charge is 2.04. The van der Waals surface area contributed by atoms with Crippen LogP contribution in [0.1, 0.15) is 0 Å². The highest BCUT2D eigenvalue weighted by Crippen LogP contribution is 2.25. The summed E-state index contributed by atoms with van der Waals surface area (Å²) >= 11 is 1.72. The van der Waals surface area contributed by atoms with Crippen LogP contribution in [0.4, 0.5) is 17.2 Å². The Hall–Kier alpha value is -2.27. The minimum absolute atomic E-state index is 0.700. The van der Waals surface area contributed by atoms with Crippen LogP contribution >= 0.6 is 11.8 Å². The maximum Gasteiger partial charge on any atom is 0.141 e. The standard InChI is InChI=1S/C15H14N4S/c1-20-12-5-3-11(4-6-12)19-15-13-7-2-10(16)8-14(13)17-9-18-15/h2-9H,16H2,1H3,(H,17,18,19). The first-order chi connectivity index (χ1) is 9.76. The van der Waals surface area contributed by atoms with Gasteiger partial charge in [0.05, 0.1) is 5.52 Å². The number of hydrogen-bond donors (Lipinski definition) is 2. The van der Waals surface area contributed by atoms with Gasteiger partial charge >= 0.3 is 0 Å². The van der Waals surface area contributed by atoms with Crippen molar-refractivity contribution in [1.82, 2.24) is 9.97 Å². The summed E-state index contributed by atoms with van der Waals surface area (Å²) in [5.41, 5.74) is 8.31. The van der Waals surface area contributed by atoms with Gasteiger partial charge in [0.2, 0.25) is 0 Å². The Kier molecular flexibility index (Phi) is 3.43. The van der Waals surface area contributed by atoms with Gasteiger partial charge in [0, 0.05) is 21.7 Å². The van der Waals surface area contributed by atoms with Crippen molar-refractivity contribution in [3.05, 3.63) is 48.8 Å². The number of hydrogen-bond acceptors (Lipinski definition) is 5. The van der Waals surface area contributed by atoms with Gasteiger partial charge < -0.3 is 11.1 Å². The van der Waals surface area contributed by atoms with Crippen LogP contribution in [0.15, 0.2) is 53.7 Å². The monoisotopic (exact) mass is 282 g/mol. The molecule has 0 saturated heterocycles. The van der Waals surface area contributed by atoms with Crippen molar-refractivity contribution in [3.63, 3.8) is 0 Å². The average molecular weight is 282 g/mol. The zero-order valence-corrected chi connectivity index (χ0v) is 11.8. The predicted octanol–water partition coefficient (Wildman–Crippen LogP) is 3.68. The van der Waals surface area contributed by atoms with E-state index in [1.54, 1.807) is 18.1 Å². The number of nitrogens with zero attached hydrogens (tertiary/aromatic N) is 2. The van der Waals surface area contributed by atoms with Crippen molar-refractivity contribution in [2.75, 3.05) is 17.3 Å². The highest BCUT2D eigenvalue weighted by molar-refractivity contribution is 7.98. The first-order valence-electron chi connectivity index (χ1n) is 6.17. The molecule has 0 bridgehead atoms. The molecule has 3 aromatic rings. The summed E-state index contributed by atoms with van der Waals surface area (Å²) in [6, 6.07) is 13.9. The lowest BCUT2D eigenvalue weighted by Crippen LogP contribution is -1.96. The molecule has 4 nitrogen and oxygen atoms in total. The molecule has 5 heteroatoms. The lowest BCUT2D eigenvalue weighted by molar-refractivity contribution is 1.22. The molecule has 0 aliphatic rings. The molecule has 0 aliphatic carbocycles. The number of nitrogens with one attached hydrogen (secondary N) is 1. The van der Waals surface area contributed by atoms with Gasteiger partial charge in [-0.15, -0.1) is 11.8 Å². The molecule has 0 unspecified atom stereocenters. The third-order valence-corrected chi connectivity index (χ3v) is 3.76. The lowest BCUT2D eigenvalue weighted by atomic mass is 10.2. The quantitative estimate of drug-likeness (QED) is 0.567. The largest absolute Gasteiger partial charge is 0.399 e. The maximum absolute atomic E-state index is 5.78. The molecule has 0 saturated carbocycles. The van der Waals surface area contributed by atoms with Crippen molar-refractivity contribution < 1.29 is 0 Å². The second-order valence-corrected chi connectivity index (χ2v) is 5.23. The maximum atomic E-state index is 5.78.